The van der Waals surface area contributed by atoms with Gasteiger partial charge in [0.25, 0.3) is 0 Å². The van der Waals surface area contributed by atoms with Crippen LogP contribution in [0.4, 0.5) is 0 Å². The Hall–Kier alpha value is -0.790. The Morgan fingerprint density at radius 3 is 2.47 bits per heavy atom. The summed E-state index contributed by atoms with van der Waals surface area (Å²) in [7, 11) is 0. The Balaban J connectivity index is 1.91. The lowest BCUT2D eigenvalue weighted by molar-refractivity contribution is -0.303. The smallest absolute Gasteiger partial charge is 0.186 e. The third-order valence-corrected chi connectivity index (χ3v) is 3.38. The molecule has 0 aliphatic carbocycles. The molecule has 0 bridgehead atoms. The van der Waals surface area contributed by atoms with Crippen LogP contribution in [-0.4, -0.2) is 76.1 Å². The molecule has 2 aliphatic rings. The molecule has 4 N–H and O–H groups in total. The number of aliphatic hydroxyl groups is 4. The number of aliphatic hydroxyl groups excluding tert-OH is 4. The highest BCUT2D eigenvalue weighted by atomic mass is 16.7. The molecule has 19 heavy (non-hydrogen) atoms. The Bertz CT molecular complexity index is 371. The molecule has 2 saturated heterocycles. The first-order valence-corrected chi connectivity index (χ1v) is 5.92. The van der Waals surface area contributed by atoms with Gasteiger partial charge in [-0.1, -0.05) is 0 Å². The Morgan fingerprint density at radius 1 is 1.26 bits per heavy atom. The van der Waals surface area contributed by atoms with Crippen molar-refractivity contribution in [3.05, 3.63) is 0 Å². The first-order valence-electron chi connectivity index (χ1n) is 5.92. The van der Waals surface area contributed by atoms with Crippen molar-refractivity contribution in [3.63, 3.8) is 0 Å². The number of epoxide rings is 1. The maximum Gasteiger partial charge on any atom is 0.186 e. The largest absolute Gasteiger partial charge is 0.394 e. The minimum absolute atomic E-state index is 0.00603. The summed E-state index contributed by atoms with van der Waals surface area (Å²) in [5, 5.41) is 46.5. The topological polar surface area (TPSA) is 136 Å². The standard InChI is InChI=1S/C11H17NO7/c1-11(6(2-12)19-11)4-17-10-9(16)8(15)7(14)5(3-13)18-10/h5-10,13-16H,3-4H2,1H3/t5-,6+,7-,8+,9-,10-,11-/m1/s1. The van der Waals surface area contributed by atoms with Crippen LogP contribution in [-0.2, 0) is 14.2 Å². The average Bonchev–Trinajstić information content (AvgIpc) is 3.07. The van der Waals surface area contributed by atoms with Crippen LogP contribution in [0.2, 0.25) is 0 Å². The Kier molecular flexibility index (Phi) is 4.08. The van der Waals surface area contributed by atoms with Crippen LogP contribution in [0.3, 0.4) is 0 Å². The van der Waals surface area contributed by atoms with Crippen LogP contribution in [0.5, 0.6) is 0 Å². The van der Waals surface area contributed by atoms with Crippen LogP contribution < -0.4 is 0 Å². The van der Waals surface area contributed by atoms with Crippen molar-refractivity contribution in [1.29, 1.82) is 5.26 Å². The van der Waals surface area contributed by atoms with E-state index in [-0.39, 0.29) is 6.61 Å². The van der Waals surface area contributed by atoms with Gasteiger partial charge in [0.05, 0.1) is 19.3 Å². The highest BCUT2D eigenvalue weighted by Gasteiger charge is 2.54. The molecule has 2 fully saturated rings. The Morgan fingerprint density at radius 2 is 1.95 bits per heavy atom. The van der Waals surface area contributed by atoms with Crippen molar-refractivity contribution in [2.45, 2.75) is 49.3 Å². The molecule has 8 nitrogen and oxygen atoms in total. The summed E-state index contributed by atoms with van der Waals surface area (Å²) >= 11 is 0. The van der Waals surface area contributed by atoms with Gasteiger partial charge in [-0.25, -0.2) is 0 Å². The van der Waals surface area contributed by atoms with Crippen LogP contribution in [0.15, 0.2) is 0 Å². The van der Waals surface area contributed by atoms with Gasteiger partial charge >= 0.3 is 0 Å². The molecule has 8 heteroatoms. The molecule has 0 spiro atoms. The van der Waals surface area contributed by atoms with E-state index in [1.807, 2.05) is 6.07 Å². The summed E-state index contributed by atoms with van der Waals surface area (Å²) in [6.45, 7) is 1.15. The van der Waals surface area contributed by atoms with E-state index < -0.39 is 49.0 Å². The molecule has 0 radical (unpaired) electrons. The van der Waals surface area contributed by atoms with E-state index >= 15 is 0 Å². The highest BCUT2D eigenvalue weighted by Crippen LogP contribution is 2.36. The average molecular weight is 275 g/mol. The van der Waals surface area contributed by atoms with Gasteiger partial charge in [0.15, 0.2) is 12.4 Å². The lowest BCUT2D eigenvalue weighted by Crippen LogP contribution is -2.59. The molecule has 0 unspecified atom stereocenters. The van der Waals surface area contributed by atoms with Gasteiger partial charge in [-0.15, -0.1) is 0 Å². The number of nitrogens with zero attached hydrogens (tertiary/aromatic N) is 1. The third kappa shape index (κ3) is 2.73. The quantitative estimate of drug-likeness (QED) is 0.413. The molecular weight excluding hydrogens is 258 g/mol. The first kappa shape index (κ1) is 14.6. The molecule has 0 amide bonds. The van der Waals surface area contributed by atoms with E-state index in [0.29, 0.717) is 0 Å². The van der Waals surface area contributed by atoms with Crippen molar-refractivity contribution in [1.82, 2.24) is 0 Å². The van der Waals surface area contributed by atoms with Crippen molar-refractivity contribution in [3.8, 4) is 6.07 Å². The maximum absolute atomic E-state index is 9.71. The summed E-state index contributed by atoms with van der Waals surface area (Å²) in [5.41, 5.74) is -0.756. The van der Waals surface area contributed by atoms with Gasteiger partial charge in [-0.05, 0) is 6.92 Å². The molecule has 0 aromatic rings. The molecule has 0 aromatic heterocycles. The minimum Gasteiger partial charge on any atom is -0.394 e. The summed E-state index contributed by atoms with van der Waals surface area (Å²) in [6, 6.07) is 1.93. The summed E-state index contributed by atoms with van der Waals surface area (Å²) in [6.07, 6.45) is -7.12. The normalized spacial score (nSPS) is 49.7. The van der Waals surface area contributed by atoms with E-state index in [4.69, 9.17) is 24.6 Å². The monoisotopic (exact) mass is 275 g/mol. The highest BCUT2D eigenvalue weighted by molar-refractivity contribution is 5.11. The molecule has 2 aliphatic heterocycles. The zero-order valence-corrected chi connectivity index (χ0v) is 10.3. The number of nitriles is 1. The molecule has 108 valence electrons. The lowest BCUT2D eigenvalue weighted by atomic mass is 9.99. The summed E-state index contributed by atoms with van der Waals surface area (Å²) in [4.78, 5) is 0. The summed E-state index contributed by atoms with van der Waals surface area (Å²) in [5.74, 6) is 0. The lowest BCUT2D eigenvalue weighted by Gasteiger charge is -2.39. The third-order valence-electron chi connectivity index (χ3n) is 3.38. The van der Waals surface area contributed by atoms with Gasteiger partial charge in [0.2, 0.25) is 0 Å². The minimum atomic E-state index is -1.48. The first-order chi connectivity index (χ1) is 8.92. The van der Waals surface area contributed by atoms with Gasteiger partial charge in [-0.2, -0.15) is 5.26 Å². The Labute approximate surface area is 109 Å². The number of hydrogen-bond donors (Lipinski definition) is 4. The fraction of sp³-hybridized carbons (Fsp3) is 0.909. The number of ether oxygens (including phenoxy) is 3. The van der Waals surface area contributed by atoms with E-state index in [9.17, 15) is 15.3 Å². The van der Waals surface area contributed by atoms with Crippen LogP contribution in [0, 0.1) is 11.3 Å². The molecule has 0 saturated carbocycles. The van der Waals surface area contributed by atoms with E-state index in [1.54, 1.807) is 6.92 Å². The molecular formula is C11H17NO7. The second kappa shape index (κ2) is 5.30. The van der Waals surface area contributed by atoms with Crippen LogP contribution in [0.1, 0.15) is 6.92 Å². The number of rotatable bonds is 4. The van der Waals surface area contributed by atoms with Gasteiger partial charge in [0, 0.05) is 0 Å². The number of hydrogen-bond acceptors (Lipinski definition) is 8. The van der Waals surface area contributed by atoms with E-state index in [0.717, 1.165) is 0 Å². The van der Waals surface area contributed by atoms with E-state index in [1.165, 1.54) is 0 Å². The van der Waals surface area contributed by atoms with Gasteiger partial charge in [0.1, 0.15) is 30.0 Å². The molecule has 2 rings (SSSR count). The second-order valence-electron chi connectivity index (χ2n) is 4.95. The van der Waals surface area contributed by atoms with Crippen LogP contribution in [0.25, 0.3) is 0 Å². The van der Waals surface area contributed by atoms with E-state index in [2.05, 4.69) is 0 Å². The summed E-state index contributed by atoms with van der Waals surface area (Å²) < 4.78 is 15.5. The van der Waals surface area contributed by atoms with Crippen LogP contribution >= 0.6 is 0 Å². The SMILES string of the molecule is C[C@]1(CO[C@@H]2O[C@H](CO)[C@@H](O)[C@H](O)[C@H]2O)O[C@H]1C#N. The molecule has 2 heterocycles. The van der Waals surface area contributed by atoms with Crippen molar-refractivity contribution < 1.29 is 34.6 Å². The molecule has 7 atom stereocenters. The van der Waals surface area contributed by atoms with Crippen molar-refractivity contribution >= 4 is 0 Å². The second-order valence-corrected chi connectivity index (χ2v) is 4.95. The van der Waals surface area contributed by atoms with Crippen molar-refractivity contribution in [2.24, 2.45) is 0 Å². The zero-order valence-electron chi connectivity index (χ0n) is 10.3. The predicted octanol–water partition coefficient (Wildman–Crippen LogP) is -2.52. The zero-order chi connectivity index (χ0) is 14.2. The van der Waals surface area contributed by atoms with Gasteiger partial charge in [-0.3, -0.25) is 0 Å². The fourth-order valence-electron chi connectivity index (χ4n) is 1.96. The maximum atomic E-state index is 9.71. The predicted molar refractivity (Wildman–Crippen MR) is 58.6 cm³/mol. The molecule has 0 aromatic carbocycles. The fourth-order valence-corrected chi connectivity index (χ4v) is 1.96. The van der Waals surface area contributed by atoms with Gasteiger partial charge < -0.3 is 34.6 Å². The van der Waals surface area contributed by atoms with Crippen molar-refractivity contribution in [2.75, 3.05) is 13.2 Å².